The van der Waals surface area contributed by atoms with E-state index in [9.17, 15) is 14.9 Å². The van der Waals surface area contributed by atoms with Gasteiger partial charge in [-0.1, -0.05) is 60.7 Å². The van der Waals surface area contributed by atoms with Crippen LogP contribution in [0, 0.1) is 11.3 Å². The Hall–Kier alpha value is -4.37. The molecular formula is C27H23N3O3. The topological polar surface area (TPSA) is 95.0 Å². The third-order valence-corrected chi connectivity index (χ3v) is 5.45. The van der Waals surface area contributed by atoms with Crippen LogP contribution in [0.4, 0.5) is 0 Å². The molecule has 0 aliphatic carbocycles. The number of amides is 1. The van der Waals surface area contributed by atoms with Crippen molar-refractivity contribution in [2.75, 3.05) is 0 Å². The Morgan fingerprint density at radius 2 is 1.76 bits per heavy atom. The summed E-state index contributed by atoms with van der Waals surface area (Å²) in [6.45, 7) is 1.47. The van der Waals surface area contributed by atoms with Crippen molar-refractivity contribution in [2.24, 2.45) is 0 Å². The molecule has 0 aliphatic rings. The number of para-hydroxylation sites is 1. The molecule has 0 fully saturated rings. The van der Waals surface area contributed by atoms with Crippen LogP contribution in [0.2, 0.25) is 0 Å². The number of H-pyrrole nitrogens is 1. The summed E-state index contributed by atoms with van der Waals surface area (Å²) in [6, 6.07) is 24.1. The molecule has 0 saturated heterocycles. The van der Waals surface area contributed by atoms with Crippen LogP contribution >= 0.6 is 0 Å². The molecule has 2 N–H and O–H groups in total. The third kappa shape index (κ3) is 5.10. The Labute approximate surface area is 191 Å². The van der Waals surface area contributed by atoms with Crippen molar-refractivity contribution >= 4 is 22.8 Å². The zero-order valence-electron chi connectivity index (χ0n) is 18.2. The number of carbonyl (C=O) groups excluding carboxylic acids is 2. The van der Waals surface area contributed by atoms with E-state index in [2.05, 4.69) is 16.4 Å². The number of aromatic nitrogens is 1. The number of esters is 1. The highest BCUT2D eigenvalue weighted by Gasteiger charge is 2.23. The Morgan fingerprint density at radius 3 is 2.52 bits per heavy atom. The lowest BCUT2D eigenvalue weighted by Crippen LogP contribution is -2.42. The SMILES string of the molecule is CC(=O)N[C@@H](Cc1c[nH]c2ccccc12)C(=O)OCc1ccc(-c2ccccc2C#N)cc1. The first-order chi connectivity index (χ1) is 16.0. The summed E-state index contributed by atoms with van der Waals surface area (Å²) in [6.07, 6.45) is 2.18. The first kappa shape index (κ1) is 21.8. The van der Waals surface area contributed by atoms with Crippen molar-refractivity contribution < 1.29 is 14.3 Å². The van der Waals surface area contributed by atoms with Gasteiger partial charge in [0.15, 0.2) is 0 Å². The molecule has 1 heterocycles. The van der Waals surface area contributed by atoms with Crippen molar-refractivity contribution in [1.82, 2.24) is 10.3 Å². The van der Waals surface area contributed by atoms with Gasteiger partial charge in [-0.2, -0.15) is 5.26 Å². The molecular weight excluding hydrogens is 414 g/mol. The molecule has 0 radical (unpaired) electrons. The van der Waals surface area contributed by atoms with Gasteiger partial charge in [0.25, 0.3) is 0 Å². The van der Waals surface area contributed by atoms with Gasteiger partial charge in [-0.05, 0) is 34.4 Å². The number of rotatable bonds is 7. The summed E-state index contributed by atoms with van der Waals surface area (Å²) < 4.78 is 5.53. The molecule has 0 bridgehead atoms. The van der Waals surface area contributed by atoms with Gasteiger partial charge in [0.2, 0.25) is 5.91 Å². The van der Waals surface area contributed by atoms with Gasteiger partial charge in [-0.3, -0.25) is 4.79 Å². The number of hydrogen-bond donors (Lipinski definition) is 2. The summed E-state index contributed by atoms with van der Waals surface area (Å²) in [5.74, 6) is -0.785. The minimum Gasteiger partial charge on any atom is -0.459 e. The Balaban J connectivity index is 1.44. The van der Waals surface area contributed by atoms with E-state index in [0.717, 1.165) is 33.2 Å². The van der Waals surface area contributed by atoms with Crippen LogP contribution in [-0.2, 0) is 27.4 Å². The van der Waals surface area contributed by atoms with Crippen LogP contribution in [0.3, 0.4) is 0 Å². The zero-order chi connectivity index (χ0) is 23.2. The van der Waals surface area contributed by atoms with Gasteiger partial charge in [0, 0.05) is 30.4 Å². The quantitative estimate of drug-likeness (QED) is 0.416. The van der Waals surface area contributed by atoms with Crippen LogP contribution in [0.15, 0.2) is 79.0 Å². The summed E-state index contributed by atoms with van der Waals surface area (Å²) in [5, 5.41) is 13.0. The number of nitriles is 1. The fourth-order valence-electron chi connectivity index (χ4n) is 3.83. The predicted molar refractivity (Wildman–Crippen MR) is 126 cm³/mol. The molecule has 1 aromatic heterocycles. The summed E-state index contributed by atoms with van der Waals surface area (Å²) in [5.41, 5.74) is 5.09. The molecule has 6 heteroatoms. The minimum absolute atomic E-state index is 0.0863. The molecule has 3 aromatic carbocycles. The number of hydrogen-bond acceptors (Lipinski definition) is 4. The molecule has 0 spiro atoms. The Kier molecular flexibility index (Phi) is 6.51. The highest BCUT2D eigenvalue weighted by molar-refractivity contribution is 5.86. The maximum absolute atomic E-state index is 12.8. The van der Waals surface area contributed by atoms with Gasteiger partial charge in [-0.25, -0.2) is 4.79 Å². The molecule has 4 aromatic rings. The average molecular weight is 437 g/mol. The van der Waals surface area contributed by atoms with Crippen molar-refractivity contribution in [3.8, 4) is 17.2 Å². The van der Waals surface area contributed by atoms with Gasteiger partial charge in [0.1, 0.15) is 12.6 Å². The molecule has 0 aliphatic heterocycles. The molecule has 6 nitrogen and oxygen atoms in total. The van der Waals surface area contributed by atoms with E-state index in [1.54, 1.807) is 6.07 Å². The van der Waals surface area contributed by atoms with Crippen LogP contribution in [0.5, 0.6) is 0 Å². The van der Waals surface area contributed by atoms with Crippen molar-refractivity contribution in [2.45, 2.75) is 26.0 Å². The summed E-state index contributed by atoms with van der Waals surface area (Å²) in [4.78, 5) is 27.7. The van der Waals surface area contributed by atoms with Gasteiger partial charge < -0.3 is 15.0 Å². The first-order valence-electron chi connectivity index (χ1n) is 10.6. The van der Waals surface area contributed by atoms with E-state index in [1.807, 2.05) is 72.9 Å². The number of carbonyl (C=O) groups is 2. The molecule has 1 atom stereocenters. The first-order valence-corrected chi connectivity index (χ1v) is 10.6. The molecule has 0 unspecified atom stereocenters. The number of nitrogens with zero attached hydrogens (tertiary/aromatic N) is 1. The Bertz CT molecular complexity index is 1330. The fraction of sp³-hybridized carbons (Fsp3) is 0.148. The number of aromatic amines is 1. The zero-order valence-corrected chi connectivity index (χ0v) is 18.2. The maximum atomic E-state index is 12.8. The molecule has 164 valence electrons. The molecule has 1 amide bonds. The monoisotopic (exact) mass is 437 g/mol. The van der Waals surface area contributed by atoms with Crippen LogP contribution in [0.1, 0.15) is 23.6 Å². The van der Waals surface area contributed by atoms with E-state index in [-0.39, 0.29) is 12.5 Å². The second-order valence-corrected chi connectivity index (χ2v) is 7.78. The summed E-state index contributed by atoms with van der Waals surface area (Å²) in [7, 11) is 0. The summed E-state index contributed by atoms with van der Waals surface area (Å²) >= 11 is 0. The fourth-order valence-corrected chi connectivity index (χ4v) is 3.83. The van der Waals surface area contributed by atoms with E-state index >= 15 is 0 Å². The molecule has 4 rings (SSSR count). The lowest BCUT2D eigenvalue weighted by atomic mass is 9.99. The van der Waals surface area contributed by atoms with Crippen molar-refractivity contribution in [1.29, 1.82) is 5.26 Å². The lowest BCUT2D eigenvalue weighted by Gasteiger charge is -2.17. The maximum Gasteiger partial charge on any atom is 0.329 e. The number of nitrogens with one attached hydrogen (secondary N) is 2. The van der Waals surface area contributed by atoms with Crippen molar-refractivity contribution in [3.05, 3.63) is 95.7 Å². The van der Waals surface area contributed by atoms with Gasteiger partial charge in [-0.15, -0.1) is 0 Å². The third-order valence-electron chi connectivity index (χ3n) is 5.45. The van der Waals surface area contributed by atoms with E-state index < -0.39 is 12.0 Å². The van der Waals surface area contributed by atoms with Crippen molar-refractivity contribution in [3.63, 3.8) is 0 Å². The van der Waals surface area contributed by atoms with E-state index in [1.165, 1.54) is 6.92 Å². The normalized spacial score (nSPS) is 11.5. The second kappa shape index (κ2) is 9.84. The highest BCUT2D eigenvalue weighted by atomic mass is 16.5. The molecule has 0 saturated carbocycles. The predicted octanol–water partition coefficient (Wildman–Crippen LogP) is 4.50. The van der Waals surface area contributed by atoms with Gasteiger partial charge >= 0.3 is 5.97 Å². The number of fused-ring (bicyclic) bond motifs is 1. The molecule has 33 heavy (non-hydrogen) atoms. The van der Waals surface area contributed by atoms with E-state index in [4.69, 9.17) is 4.74 Å². The van der Waals surface area contributed by atoms with Gasteiger partial charge in [0.05, 0.1) is 11.6 Å². The highest BCUT2D eigenvalue weighted by Crippen LogP contribution is 2.24. The number of benzene rings is 3. The van der Waals surface area contributed by atoms with Crippen LogP contribution in [0.25, 0.3) is 22.0 Å². The second-order valence-electron chi connectivity index (χ2n) is 7.78. The largest absolute Gasteiger partial charge is 0.459 e. The van der Waals surface area contributed by atoms with Crippen LogP contribution in [-0.4, -0.2) is 22.9 Å². The lowest BCUT2D eigenvalue weighted by molar-refractivity contribution is -0.149. The smallest absolute Gasteiger partial charge is 0.329 e. The number of ether oxygens (including phenoxy) is 1. The Morgan fingerprint density at radius 1 is 1.03 bits per heavy atom. The van der Waals surface area contributed by atoms with E-state index in [0.29, 0.717) is 12.0 Å². The van der Waals surface area contributed by atoms with Crippen LogP contribution < -0.4 is 5.32 Å². The average Bonchev–Trinajstić information content (AvgIpc) is 3.25. The standard InChI is InChI=1S/C27H23N3O3/c1-18(31)30-26(14-22-16-29-25-9-5-4-8-24(22)25)27(32)33-17-19-10-12-20(13-11-19)23-7-3-2-6-21(23)15-28/h2-13,16,26,29H,14,17H2,1H3,(H,30,31)/t26-/m0/s1. The minimum atomic E-state index is -0.788.